The molecule has 0 saturated carbocycles. The third kappa shape index (κ3) is 6.66. The predicted molar refractivity (Wildman–Crippen MR) is 87.7 cm³/mol. The van der Waals surface area contributed by atoms with Crippen LogP contribution in [0.3, 0.4) is 0 Å². The van der Waals surface area contributed by atoms with E-state index in [1.807, 2.05) is 16.7 Å². The standard InChI is InChI=1S/C15H29N3O2.ClH/c1-4-9-17(10-5-2)14(19)6-7-15(20)18-11-8-16-12-13(18)3;/h13,16H,4-12H2,1-3H3;1H/t13-;/m0./s1. The van der Waals surface area contributed by atoms with Crippen molar-refractivity contribution in [2.45, 2.75) is 52.5 Å². The van der Waals surface area contributed by atoms with Gasteiger partial charge in [-0.25, -0.2) is 0 Å². The molecule has 1 saturated heterocycles. The van der Waals surface area contributed by atoms with Gasteiger partial charge in [-0.15, -0.1) is 12.4 Å². The number of rotatable bonds is 7. The summed E-state index contributed by atoms with van der Waals surface area (Å²) in [5.74, 6) is 0.227. The van der Waals surface area contributed by atoms with Crippen molar-refractivity contribution >= 4 is 24.2 Å². The van der Waals surface area contributed by atoms with E-state index >= 15 is 0 Å². The highest BCUT2D eigenvalue weighted by molar-refractivity contribution is 5.85. The van der Waals surface area contributed by atoms with E-state index in [1.165, 1.54) is 0 Å². The fourth-order valence-corrected chi connectivity index (χ4v) is 2.63. The Balaban J connectivity index is 0.00000400. The van der Waals surface area contributed by atoms with Crippen molar-refractivity contribution in [2.75, 3.05) is 32.7 Å². The van der Waals surface area contributed by atoms with E-state index in [4.69, 9.17) is 0 Å². The molecule has 0 aromatic heterocycles. The summed E-state index contributed by atoms with van der Waals surface area (Å²) in [4.78, 5) is 28.1. The molecule has 21 heavy (non-hydrogen) atoms. The summed E-state index contributed by atoms with van der Waals surface area (Å²) in [5.41, 5.74) is 0. The van der Waals surface area contributed by atoms with E-state index in [9.17, 15) is 9.59 Å². The van der Waals surface area contributed by atoms with Gasteiger partial charge in [-0.05, 0) is 19.8 Å². The minimum atomic E-state index is 0. The van der Waals surface area contributed by atoms with Gasteiger partial charge in [0.25, 0.3) is 0 Å². The second-order valence-electron chi connectivity index (χ2n) is 5.52. The lowest BCUT2D eigenvalue weighted by Crippen LogP contribution is -2.52. The molecule has 124 valence electrons. The Labute approximate surface area is 134 Å². The Morgan fingerprint density at radius 2 is 1.81 bits per heavy atom. The van der Waals surface area contributed by atoms with E-state index in [0.717, 1.165) is 45.6 Å². The molecule has 0 unspecified atom stereocenters. The molecule has 0 aliphatic carbocycles. The van der Waals surface area contributed by atoms with E-state index in [1.54, 1.807) is 0 Å². The summed E-state index contributed by atoms with van der Waals surface area (Å²) < 4.78 is 0. The lowest BCUT2D eigenvalue weighted by atomic mass is 10.1. The number of piperazine rings is 1. The lowest BCUT2D eigenvalue weighted by molar-refractivity contribution is -0.138. The maximum absolute atomic E-state index is 12.2. The summed E-state index contributed by atoms with van der Waals surface area (Å²) in [5, 5.41) is 3.27. The van der Waals surface area contributed by atoms with Crippen LogP contribution in [0.25, 0.3) is 0 Å². The van der Waals surface area contributed by atoms with Crippen molar-refractivity contribution in [2.24, 2.45) is 0 Å². The number of hydrogen-bond donors (Lipinski definition) is 1. The average molecular weight is 320 g/mol. The summed E-state index contributed by atoms with van der Waals surface area (Å²) in [6, 6.07) is 0.230. The van der Waals surface area contributed by atoms with Gasteiger partial charge in [0.15, 0.2) is 0 Å². The molecular formula is C15H30ClN3O2. The van der Waals surface area contributed by atoms with Gasteiger partial charge in [0.2, 0.25) is 11.8 Å². The molecule has 1 rings (SSSR count). The normalized spacial score (nSPS) is 18.0. The van der Waals surface area contributed by atoms with Crippen LogP contribution in [0.1, 0.15) is 46.5 Å². The largest absolute Gasteiger partial charge is 0.343 e. The number of carbonyl (C=O) groups is 2. The van der Waals surface area contributed by atoms with Gasteiger partial charge in [-0.3, -0.25) is 9.59 Å². The van der Waals surface area contributed by atoms with Crippen LogP contribution >= 0.6 is 12.4 Å². The summed E-state index contributed by atoms with van der Waals surface area (Å²) in [7, 11) is 0. The molecule has 1 fully saturated rings. The van der Waals surface area contributed by atoms with Crippen molar-refractivity contribution in [3.63, 3.8) is 0 Å². The van der Waals surface area contributed by atoms with Gasteiger partial charge in [0.1, 0.15) is 0 Å². The van der Waals surface area contributed by atoms with Crippen LogP contribution in [0, 0.1) is 0 Å². The van der Waals surface area contributed by atoms with Crippen LogP contribution in [0.5, 0.6) is 0 Å². The zero-order chi connectivity index (χ0) is 15.0. The minimum absolute atomic E-state index is 0. The summed E-state index contributed by atoms with van der Waals surface area (Å²) >= 11 is 0. The zero-order valence-electron chi connectivity index (χ0n) is 13.6. The Hall–Kier alpha value is -0.810. The Bertz CT molecular complexity index is 320. The monoisotopic (exact) mass is 319 g/mol. The first-order chi connectivity index (χ1) is 9.60. The maximum atomic E-state index is 12.2. The molecule has 1 atom stereocenters. The van der Waals surface area contributed by atoms with Gasteiger partial charge in [-0.1, -0.05) is 13.8 Å². The second-order valence-corrected chi connectivity index (χ2v) is 5.52. The molecular weight excluding hydrogens is 290 g/mol. The molecule has 1 N–H and O–H groups in total. The first kappa shape index (κ1) is 20.2. The van der Waals surface area contributed by atoms with Crippen LogP contribution < -0.4 is 5.32 Å². The number of halogens is 1. The third-order valence-corrected chi connectivity index (χ3v) is 3.71. The van der Waals surface area contributed by atoms with E-state index in [-0.39, 0.29) is 30.3 Å². The van der Waals surface area contributed by atoms with Crippen molar-refractivity contribution in [3.8, 4) is 0 Å². The van der Waals surface area contributed by atoms with Gasteiger partial charge < -0.3 is 15.1 Å². The van der Waals surface area contributed by atoms with E-state index < -0.39 is 0 Å². The van der Waals surface area contributed by atoms with Gasteiger partial charge in [0, 0.05) is 51.6 Å². The Kier molecular flexibility index (Phi) is 10.4. The molecule has 1 aliphatic heterocycles. The average Bonchev–Trinajstić information content (AvgIpc) is 2.44. The topological polar surface area (TPSA) is 52.7 Å². The molecule has 2 amide bonds. The number of nitrogens with one attached hydrogen (secondary N) is 1. The van der Waals surface area contributed by atoms with Crippen LogP contribution in [0.2, 0.25) is 0 Å². The molecule has 1 aliphatic rings. The van der Waals surface area contributed by atoms with E-state index in [0.29, 0.717) is 12.8 Å². The van der Waals surface area contributed by atoms with Crippen LogP contribution in [-0.2, 0) is 9.59 Å². The highest BCUT2D eigenvalue weighted by atomic mass is 35.5. The number of hydrogen-bond acceptors (Lipinski definition) is 3. The summed E-state index contributed by atoms with van der Waals surface area (Å²) in [6.07, 6.45) is 2.62. The summed E-state index contributed by atoms with van der Waals surface area (Å²) in [6.45, 7) is 10.2. The predicted octanol–water partition coefficient (Wildman–Crippen LogP) is 1.66. The highest BCUT2D eigenvalue weighted by Gasteiger charge is 2.23. The minimum Gasteiger partial charge on any atom is -0.343 e. The van der Waals surface area contributed by atoms with Gasteiger partial charge in [0.05, 0.1) is 0 Å². The van der Waals surface area contributed by atoms with Crippen molar-refractivity contribution in [1.29, 1.82) is 0 Å². The van der Waals surface area contributed by atoms with Crippen LogP contribution in [0.15, 0.2) is 0 Å². The van der Waals surface area contributed by atoms with E-state index in [2.05, 4.69) is 19.2 Å². The fourth-order valence-electron chi connectivity index (χ4n) is 2.63. The highest BCUT2D eigenvalue weighted by Crippen LogP contribution is 2.08. The van der Waals surface area contributed by atoms with Gasteiger partial charge >= 0.3 is 0 Å². The van der Waals surface area contributed by atoms with Crippen molar-refractivity contribution < 1.29 is 9.59 Å². The molecule has 6 heteroatoms. The molecule has 0 bridgehead atoms. The fraction of sp³-hybridized carbons (Fsp3) is 0.867. The second kappa shape index (κ2) is 10.9. The van der Waals surface area contributed by atoms with Crippen molar-refractivity contribution in [1.82, 2.24) is 15.1 Å². The molecule has 0 aromatic carbocycles. The van der Waals surface area contributed by atoms with Gasteiger partial charge in [-0.2, -0.15) is 0 Å². The molecule has 1 heterocycles. The van der Waals surface area contributed by atoms with Crippen molar-refractivity contribution in [3.05, 3.63) is 0 Å². The quantitative estimate of drug-likeness (QED) is 0.776. The lowest BCUT2D eigenvalue weighted by Gasteiger charge is -2.34. The maximum Gasteiger partial charge on any atom is 0.223 e. The molecule has 0 aromatic rings. The smallest absolute Gasteiger partial charge is 0.223 e. The number of carbonyl (C=O) groups excluding carboxylic acids is 2. The molecule has 5 nitrogen and oxygen atoms in total. The number of amides is 2. The third-order valence-electron chi connectivity index (χ3n) is 3.71. The Morgan fingerprint density at radius 1 is 1.19 bits per heavy atom. The SMILES string of the molecule is CCCN(CCC)C(=O)CCC(=O)N1CCNC[C@@H]1C.Cl. The van der Waals surface area contributed by atoms with Crippen LogP contribution in [-0.4, -0.2) is 60.4 Å². The molecule has 0 spiro atoms. The molecule has 0 radical (unpaired) electrons. The Morgan fingerprint density at radius 3 is 2.33 bits per heavy atom. The first-order valence-electron chi connectivity index (χ1n) is 7.88. The van der Waals surface area contributed by atoms with Crippen LogP contribution in [0.4, 0.5) is 0 Å². The first-order valence-corrected chi connectivity index (χ1v) is 7.88. The zero-order valence-corrected chi connectivity index (χ0v) is 14.4. The number of nitrogens with zero attached hydrogens (tertiary/aromatic N) is 2.